The first-order chi connectivity index (χ1) is 18.3. The second-order valence-electron chi connectivity index (χ2n) is 9.93. The Hall–Kier alpha value is -3.91. The van der Waals surface area contributed by atoms with Crippen molar-refractivity contribution in [3.63, 3.8) is 0 Å². The summed E-state index contributed by atoms with van der Waals surface area (Å²) in [5.74, 6) is -0.711. The third-order valence-corrected chi connectivity index (χ3v) is 6.92. The first kappa shape index (κ1) is 27.1. The topological polar surface area (TPSA) is 104 Å². The Bertz CT molecular complexity index is 1350. The average Bonchev–Trinajstić information content (AvgIpc) is 2.90. The highest BCUT2D eigenvalue weighted by atomic mass is 16.3. The summed E-state index contributed by atoms with van der Waals surface area (Å²) >= 11 is 0. The number of hydrogen-bond acceptors (Lipinski definition) is 7. The number of benzene rings is 2. The van der Waals surface area contributed by atoms with Gasteiger partial charge in [-0.25, -0.2) is 14.9 Å². The maximum atomic E-state index is 13.5. The first-order valence-electron chi connectivity index (χ1n) is 13.0. The number of imide groups is 1. The zero-order chi connectivity index (χ0) is 27.4. The molecule has 0 saturated heterocycles. The molecular weight excluding hydrogens is 480 g/mol. The van der Waals surface area contributed by atoms with E-state index in [4.69, 9.17) is 0 Å². The number of allylic oxidation sites excluding steroid dienone is 1. The fourth-order valence-corrected chi connectivity index (χ4v) is 5.32. The predicted octanol–water partition coefficient (Wildman–Crippen LogP) is 4.94. The van der Waals surface area contributed by atoms with Gasteiger partial charge in [-0.3, -0.25) is 14.4 Å². The van der Waals surface area contributed by atoms with Crippen molar-refractivity contribution in [2.45, 2.75) is 58.9 Å². The molecule has 8 heteroatoms. The third-order valence-electron chi connectivity index (χ3n) is 6.92. The van der Waals surface area contributed by atoms with Crippen LogP contribution in [0, 0.1) is 13.8 Å². The van der Waals surface area contributed by atoms with E-state index in [1.807, 2.05) is 38.1 Å². The molecular formula is C30H34N4O4. The summed E-state index contributed by atoms with van der Waals surface area (Å²) < 4.78 is 0. The highest BCUT2D eigenvalue weighted by molar-refractivity contribution is 6.36. The van der Waals surface area contributed by atoms with Crippen LogP contribution in [0.3, 0.4) is 0 Å². The van der Waals surface area contributed by atoms with E-state index in [1.54, 1.807) is 19.1 Å². The number of aromatic nitrogens is 2. The highest BCUT2D eigenvalue weighted by Gasteiger charge is 2.37. The van der Waals surface area contributed by atoms with Crippen LogP contribution in [0.4, 0.5) is 11.6 Å². The van der Waals surface area contributed by atoms with E-state index >= 15 is 0 Å². The van der Waals surface area contributed by atoms with Gasteiger partial charge < -0.3 is 10.0 Å². The molecule has 1 aliphatic heterocycles. The normalized spacial score (nSPS) is 15.2. The molecule has 198 valence electrons. The minimum Gasteiger partial charge on any atom is -0.395 e. The van der Waals surface area contributed by atoms with Crippen molar-refractivity contribution in [2.75, 3.05) is 23.0 Å². The number of carbonyl (C=O) groups is 3. The Kier molecular flexibility index (Phi) is 8.32. The van der Waals surface area contributed by atoms with Gasteiger partial charge in [-0.1, -0.05) is 38.0 Å². The fourth-order valence-electron chi connectivity index (χ4n) is 5.32. The molecule has 0 bridgehead atoms. The largest absolute Gasteiger partial charge is 0.395 e. The molecule has 1 fully saturated rings. The van der Waals surface area contributed by atoms with Gasteiger partial charge in [-0.15, -0.1) is 0 Å². The smallest absolute Gasteiger partial charge is 0.268 e. The van der Waals surface area contributed by atoms with Crippen molar-refractivity contribution in [3.05, 3.63) is 71.1 Å². The summed E-state index contributed by atoms with van der Waals surface area (Å²) in [6.45, 7) is 9.17. The molecule has 0 radical (unpaired) electrons. The summed E-state index contributed by atoms with van der Waals surface area (Å²) in [5.41, 5.74) is 3.88. The quantitative estimate of drug-likeness (QED) is 0.282. The lowest BCUT2D eigenvalue weighted by molar-refractivity contribution is -0.104. The standard InChI is InChI=1S/C26H28N4O3.C4H6O/c1-16-15-17(2)28-26(27-16)30-24(32)20-10-6-9-19-22(12-11-21(23(19)20)25(30)33)29(13-14-31)18-7-4-3-5-8-18;1-4(2)3-5/h6,9-12,15,18,31H,3-5,7-8,13-14H2,1-2H3;3H,1H2,2H3. The number of rotatable bonds is 6. The zero-order valence-electron chi connectivity index (χ0n) is 22.2. The van der Waals surface area contributed by atoms with Crippen LogP contribution in [0.25, 0.3) is 10.8 Å². The maximum Gasteiger partial charge on any atom is 0.268 e. The van der Waals surface area contributed by atoms with E-state index in [9.17, 15) is 19.5 Å². The molecule has 2 heterocycles. The number of anilines is 2. The fraction of sp³-hybridized carbons (Fsp3) is 0.367. The van der Waals surface area contributed by atoms with Crippen molar-refractivity contribution in [2.24, 2.45) is 0 Å². The van der Waals surface area contributed by atoms with Gasteiger partial charge in [-0.2, -0.15) is 0 Å². The molecule has 2 aliphatic rings. The Morgan fingerprint density at radius 2 is 1.66 bits per heavy atom. The average molecular weight is 515 g/mol. The molecule has 1 saturated carbocycles. The second kappa shape index (κ2) is 11.6. The molecule has 1 N–H and O–H groups in total. The number of hydrogen-bond donors (Lipinski definition) is 1. The summed E-state index contributed by atoms with van der Waals surface area (Å²) in [4.78, 5) is 48.5. The molecule has 0 spiro atoms. The highest BCUT2D eigenvalue weighted by Crippen LogP contribution is 2.38. The summed E-state index contributed by atoms with van der Waals surface area (Å²) in [7, 11) is 0. The van der Waals surface area contributed by atoms with Crippen LogP contribution in [-0.4, -0.2) is 52.4 Å². The zero-order valence-corrected chi connectivity index (χ0v) is 22.2. The van der Waals surface area contributed by atoms with Crippen molar-refractivity contribution < 1.29 is 19.5 Å². The monoisotopic (exact) mass is 514 g/mol. The van der Waals surface area contributed by atoms with Crippen LogP contribution in [-0.2, 0) is 4.79 Å². The maximum absolute atomic E-state index is 13.5. The number of aliphatic hydroxyl groups is 1. The van der Waals surface area contributed by atoms with Crippen LogP contribution >= 0.6 is 0 Å². The van der Waals surface area contributed by atoms with Gasteiger partial charge in [0.15, 0.2) is 0 Å². The first-order valence-corrected chi connectivity index (χ1v) is 13.0. The van der Waals surface area contributed by atoms with Crippen LogP contribution in [0.2, 0.25) is 0 Å². The molecule has 2 aromatic carbocycles. The van der Waals surface area contributed by atoms with Crippen molar-refractivity contribution in [1.82, 2.24) is 9.97 Å². The molecule has 1 aliphatic carbocycles. The molecule has 0 unspecified atom stereocenters. The van der Waals surface area contributed by atoms with Gasteiger partial charge in [0.2, 0.25) is 5.95 Å². The molecule has 0 atom stereocenters. The summed E-state index contributed by atoms with van der Waals surface area (Å²) in [6.07, 6.45) is 6.48. The Labute approximate surface area is 223 Å². The lowest BCUT2D eigenvalue weighted by Gasteiger charge is -2.37. The summed E-state index contributed by atoms with van der Waals surface area (Å²) in [6, 6.07) is 11.5. The Balaban J connectivity index is 0.000000617. The molecule has 3 aromatic rings. The van der Waals surface area contributed by atoms with E-state index in [-0.39, 0.29) is 12.6 Å². The minimum atomic E-state index is -0.411. The van der Waals surface area contributed by atoms with E-state index in [0.29, 0.717) is 46.1 Å². The molecule has 8 nitrogen and oxygen atoms in total. The van der Waals surface area contributed by atoms with Crippen molar-refractivity contribution in [1.29, 1.82) is 0 Å². The Morgan fingerprint density at radius 3 is 2.24 bits per heavy atom. The van der Waals surface area contributed by atoms with E-state index in [2.05, 4.69) is 21.4 Å². The number of aryl methyl sites for hydroxylation is 2. The van der Waals surface area contributed by atoms with E-state index in [1.165, 1.54) is 19.3 Å². The van der Waals surface area contributed by atoms with Gasteiger partial charge in [-0.05, 0) is 63.5 Å². The molecule has 38 heavy (non-hydrogen) atoms. The van der Waals surface area contributed by atoms with Gasteiger partial charge in [0, 0.05) is 51.6 Å². The second-order valence-corrected chi connectivity index (χ2v) is 9.93. The van der Waals surface area contributed by atoms with Gasteiger partial charge >= 0.3 is 0 Å². The number of carbonyl (C=O) groups excluding carboxylic acids is 3. The van der Waals surface area contributed by atoms with Gasteiger partial charge in [0.25, 0.3) is 11.8 Å². The third kappa shape index (κ3) is 5.36. The van der Waals surface area contributed by atoms with Crippen LogP contribution in [0.15, 0.2) is 48.6 Å². The van der Waals surface area contributed by atoms with Gasteiger partial charge in [0.1, 0.15) is 6.29 Å². The molecule has 5 rings (SSSR count). The Morgan fingerprint density at radius 1 is 1.05 bits per heavy atom. The van der Waals surface area contributed by atoms with Crippen molar-refractivity contribution in [3.8, 4) is 0 Å². The summed E-state index contributed by atoms with van der Waals surface area (Å²) in [5, 5.41) is 11.3. The molecule has 1 aromatic heterocycles. The van der Waals surface area contributed by atoms with Crippen LogP contribution < -0.4 is 9.80 Å². The van der Waals surface area contributed by atoms with E-state index < -0.39 is 11.8 Å². The number of amides is 2. The number of aliphatic hydroxyl groups excluding tert-OH is 1. The SMILES string of the molecule is C=C(C)C=O.Cc1cc(C)nc(N2C(=O)c3cccc4c(N(CCO)C5CCCCC5)ccc(c34)C2=O)n1. The predicted molar refractivity (Wildman–Crippen MR) is 149 cm³/mol. The van der Waals surface area contributed by atoms with Crippen LogP contribution in [0.1, 0.15) is 71.1 Å². The lowest BCUT2D eigenvalue weighted by atomic mass is 9.90. The number of nitrogens with zero attached hydrogens (tertiary/aromatic N) is 4. The van der Waals surface area contributed by atoms with Crippen LogP contribution in [0.5, 0.6) is 0 Å². The minimum absolute atomic E-state index is 0.0507. The van der Waals surface area contributed by atoms with Crippen molar-refractivity contribution >= 4 is 40.5 Å². The molecule has 2 amide bonds. The lowest BCUT2D eigenvalue weighted by Crippen LogP contribution is -2.42. The van der Waals surface area contributed by atoms with Gasteiger partial charge in [0.05, 0.1) is 6.61 Å². The van der Waals surface area contributed by atoms with E-state index in [0.717, 1.165) is 35.1 Å². The number of aldehydes is 1.